The Kier molecular flexibility index (Phi) is 7.31. The average Bonchev–Trinajstić information content (AvgIpc) is 3.49. The van der Waals surface area contributed by atoms with Crippen molar-refractivity contribution in [1.82, 2.24) is 20.5 Å². The van der Waals surface area contributed by atoms with E-state index < -0.39 is 17.8 Å². The molecule has 6 rings (SSSR count). The Hall–Kier alpha value is -4.81. The molecule has 2 saturated heterocycles. The molecule has 3 aromatic rings. The molecule has 3 N–H and O–H groups in total. The molecule has 3 aliphatic heterocycles. The van der Waals surface area contributed by atoms with E-state index in [2.05, 4.69) is 40.0 Å². The highest BCUT2D eigenvalue weighted by molar-refractivity contribution is 6.02. The van der Waals surface area contributed by atoms with Crippen LogP contribution in [0.3, 0.4) is 0 Å². The molecule has 1 aromatic heterocycles. The summed E-state index contributed by atoms with van der Waals surface area (Å²) in [5, 5.41) is 16.1. The summed E-state index contributed by atoms with van der Waals surface area (Å²) in [4.78, 5) is 34.6. The van der Waals surface area contributed by atoms with E-state index in [4.69, 9.17) is 9.72 Å². The highest BCUT2D eigenvalue weighted by atomic mass is 16.5. The van der Waals surface area contributed by atoms with Crippen molar-refractivity contribution in [2.24, 2.45) is 0 Å². The monoisotopic (exact) mass is 563 g/mol. The largest absolute Gasteiger partial charge is 0.496 e. The SMILES string of the molecule is C=Cc1c(OC)ccc2c1C(=O)N(CC1(C#Cc3ccc(-c4cccc(N5CCCCC5)n4)cc3)NC(=O)NC1O)C2. The number of pyridine rings is 1. The van der Waals surface area contributed by atoms with E-state index in [0.29, 0.717) is 29.0 Å². The lowest BCUT2D eigenvalue weighted by Gasteiger charge is -2.30. The molecule has 2 unspecified atom stereocenters. The minimum Gasteiger partial charge on any atom is -0.496 e. The number of benzene rings is 2. The number of piperidine rings is 1. The molecular weight excluding hydrogens is 530 g/mol. The van der Waals surface area contributed by atoms with Crippen LogP contribution in [0.2, 0.25) is 0 Å². The molecular formula is C33H33N5O4. The van der Waals surface area contributed by atoms with Crippen LogP contribution in [0.15, 0.2) is 61.2 Å². The standard InChI is InChI=1S/C33H33N5O4/c1-3-25-27(42-2)15-14-24-20-38(30(39)29(24)25)21-33(31(40)35-32(41)36-33)17-16-22-10-12-23(13-11-22)26-8-7-9-28(34-26)37-18-5-4-6-19-37/h3,7-15,31,40H,1,4-6,18-21H2,2H3,(H2,35,36,41). The number of carbonyl (C=O) groups is 2. The fourth-order valence-corrected chi connectivity index (χ4v) is 5.89. The summed E-state index contributed by atoms with van der Waals surface area (Å²) in [5.74, 6) is 7.49. The number of fused-ring (bicyclic) bond motifs is 1. The van der Waals surface area contributed by atoms with Gasteiger partial charge in [-0.15, -0.1) is 0 Å². The van der Waals surface area contributed by atoms with E-state index in [9.17, 15) is 14.7 Å². The molecule has 0 radical (unpaired) electrons. The smallest absolute Gasteiger partial charge is 0.318 e. The van der Waals surface area contributed by atoms with Crippen molar-refractivity contribution >= 4 is 23.8 Å². The normalized spacial score (nSPS) is 21.2. The van der Waals surface area contributed by atoms with Crippen LogP contribution in [0, 0.1) is 11.8 Å². The highest BCUT2D eigenvalue weighted by Crippen LogP contribution is 2.34. The van der Waals surface area contributed by atoms with Crippen molar-refractivity contribution in [1.29, 1.82) is 0 Å². The zero-order valence-corrected chi connectivity index (χ0v) is 23.5. The van der Waals surface area contributed by atoms with Crippen LogP contribution in [0.25, 0.3) is 17.3 Å². The third-order valence-corrected chi connectivity index (χ3v) is 8.11. The van der Waals surface area contributed by atoms with Gasteiger partial charge in [0.2, 0.25) is 0 Å². The second-order valence-corrected chi connectivity index (χ2v) is 10.8. The van der Waals surface area contributed by atoms with E-state index in [1.165, 1.54) is 19.3 Å². The topological polar surface area (TPSA) is 107 Å². The Balaban J connectivity index is 1.24. The number of amides is 3. The minimum absolute atomic E-state index is 0.0163. The van der Waals surface area contributed by atoms with Crippen molar-refractivity contribution in [2.75, 3.05) is 31.6 Å². The van der Waals surface area contributed by atoms with Gasteiger partial charge in [0.1, 0.15) is 11.6 Å². The zero-order chi connectivity index (χ0) is 29.3. The molecule has 0 aliphatic carbocycles. The van der Waals surface area contributed by atoms with Gasteiger partial charge < -0.3 is 30.3 Å². The Morgan fingerprint density at radius 3 is 2.60 bits per heavy atom. The number of ether oxygens (including phenoxy) is 1. The Morgan fingerprint density at radius 2 is 1.90 bits per heavy atom. The number of methoxy groups -OCH3 is 1. The molecule has 0 spiro atoms. The van der Waals surface area contributed by atoms with E-state index in [1.54, 1.807) is 24.2 Å². The molecule has 214 valence electrons. The van der Waals surface area contributed by atoms with Crippen LogP contribution in [0.5, 0.6) is 5.75 Å². The molecule has 3 aliphatic rings. The van der Waals surface area contributed by atoms with Gasteiger partial charge in [-0.1, -0.05) is 48.8 Å². The first-order valence-corrected chi connectivity index (χ1v) is 14.1. The van der Waals surface area contributed by atoms with Crippen molar-refractivity contribution in [3.63, 3.8) is 0 Å². The molecule has 2 atom stereocenters. The fourth-order valence-electron chi connectivity index (χ4n) is 5.89. The summed E-state index contributed by atoms with van der Waals surface area (Å²) in [6, 6.07) is 16.9. The summed E-state index contributed by atoms with van der Waals surface area (Å²) in [6.45, 7) is 6.20. The van der Waals surface area contributed by atoms with Gasteiger partial charge in [0.05, 0.1) is 24.9 Å². The van der Waals surface area contributed by atoms with Crippen LogP contribution in [-0.2, 0) is 6.54 Å². The quantitative estimate of drug-likeness (QED) is 0.395. The first-order chi connectivity index (χ1) is 20.4. The van der Waals surface area contributed by atoms with Crippen LogP contribution in [0.1, 0.15) is 46.3 Å². The predicted molar refractivity (Wildman–Crippen MR) is 161 cm³/mol. The van der Waals surface area contributed by atoms with Crippen LogP contribution in [0.4, 0.5) is 10.6 Å². The van der Waals surface area contributed by atoms with E-state index in [1.807, 2.05) is 42.5 Å². The summed E-state index contributed by atoms with van der Waals surface area (Å²) < 4.78 is 5.41. The number of aliphatic hydroxyl groups excluding tert-OH is 1. The number of nitrogens with one attached hydrogen (secondary N) is 2. The maximum absolute atomic E-state index is 13.5. The predicted octanol–water partition coefficient (Wildman–Crippen LogP) is 3.77. The molecule has 3 amide bonds. The first kappa shape index (κ1) is 27.4. The number of urea groups is 1. The number of rotatable bonds is 6. The number of carbonyl (C=O) groups excluding carboxylic acids is 2. The van der Waals surface area contributed by atoms with E-state index in [0.717, 1.165) is 35.7 Å². The second-order valence-electron chi connectivity index (χ2n) is 10.8. The minimum atomic E-state index is -1.41. The molecule has 9 heteroatoms. The lowest BCUT2D eigenvalue weighted by atomic mass is 9.97. The lowest BCUT2D eigenvalue weighted by Crippen LogP contribution is -2.56. The van der Waals surface area contributed by atoms with Gasteiger partial charge in [-0.25, -0.2) is 9.78 Å². The highest BCUT2D eigenvalue weighted by Gasteiger charge is 2.48. The molecule has 2 fully saturated rings. The molecule has 2 aromatic carbocycles. The maximum atomic E-state index is 13.5. The number of anilines is 1. The average molecular weight is 564 g/mol. The van der Waals surface area contributed by atoms with Gasteiger partial charge in [-0.05, 0) is 55.2 Å². The van der Waals surface area contributed by atoms with Gasteiger partial charge in [0, 0.05) is 36.3 Å². The molecule has 42 heavy (non-hydrogen) atoms. The van der Waals surface area contributed by atoms with Crippen molar-refractivity contribution < 1.29 is 19.4 Å². The van der Waals surface area contributed by atoms with Gasteiger partial charge in [-0.2, -0.15) is 0 Å². The van der Waals surface area contributed by atoms with Crippen molar-refractivity contribution in [3.8, 4) is 28.8 Å². The summed E-state index contributed by atoms with van der Waals surface area (Å²) in [7, 11) is 1.54. The zero-order valence-electron chi connectivity index (χ0n) is 23.5. The summed E-state index contributed by atoms with van der Waals surface area (Å²) in [6.07, 6.45) is 3.93. The summed E-state index contributed by atoms with van der Waals surface area (Å²) in [5.41, 5.74) is 3.10. The second kappa shape index (κ2) is 11.2. The maximum Gasteiger partial charge on any atom is 0.318 e. The van der Waals surface area contributed by atoms with Gasteiger partial charge >= 0.3 is 6.03 Å². The van der Waals surface area contributed by atoms with Crippen LogP contribution < -0.4 is 20.3 Å². The van der Waals surface area contributed by atoms with E-state index >= 15 is 0 Å². The fraction of sp³-hybridized carbons (Fsp3) is 0.303. The number of aromatic nitrogens is 1. The van der Waals surface area contributed by atoms with Gasteiger partial charge in [0.25, 0.3) is 5.91 Å². The molecule has 0 bridgehead atoms. The number of hydrogen-bond acceptors (Lipinski definition) is 6. The van der Waals surface area contributed by atoms with Crippen LogP contribution in [-0.4, -0.2) is 65.4 Å². The third kappa shape index (κ3) is 5.06. The molecule has 0 saturated carbocycles. The number of aliphatic hydroxyl groups is 1. The number of nitrogens with zero attached hydrogens (tertiary/aromatic N) is 3. The van der Waals surface area contributed by atoms with Gasteiger partial charge in [0.15, 0.2) is 11.8 Å². The molecule has 9 nitrogen and oxygen atoms in total. The Labute approximate surface area is 245 Å². The van der Waals surface area contributed by atoms with Crippen molar-refractivity contribution in [2.45, 2.75) is 37.6 Å². The Bertz CT molecular complexity index is 1600. The number of hydrogen-bond donors (Lipinski definition) is 3. The first-order valence-electron chi connectivity index (χ1n) is 14.1. The third-order valence-electron chi connectivity index (χ3n) is 8.11. The summed E-state index contributed by atoms with van der Waals surface area (Å²) >= 11 is 0. The lowest BCUT2D eigenvalue weighted by molar-refractivity contribution is 0.0611. The van der Waals surface area contributed by atoms with E-state index in [-0.39, 0.29) is 12.5 Å². The van der Waals surface area contributed by atoms with Gasteiger partial charge in [-0.3, -0.25) is 4.79 Å². The van der Waals surface area contributed by atoms with Crippen LogP contribution >= 0.6 is 0 Å². The van der Waals surface area contributed by atoms with Crippen molar-refractivity contribution in [3.05, 3.63) is 83.4 Å². The molecule has 4 heterocycles. The Morgan fingerprint density at radius 1 is 1.12 bits per heavy atom.